The standard InChI is InChI=1S/C20H23NO/c1-4-20(22)21-15(3)13-17(16-8-6-5-7-9-16)18-12-14(2)10-11-19(18)21/h5-12,15,17H,4,13H2,1-3H3/t15-,17-/m1/s1. The monoisotopic (exact) mass is 293 g/mol. The van der Waals surface area contributed by atoms with Gasteiger partial charge < -0.3 is 4.90 Å². The van der Waals surface area contributed by atoms with Crippen LogP contribution in [-0.4, -0.2) is 11.9 Å². The number of carbonyl (C=O) groups excluding carboxylic acids is 1. The van der Waals surface area contributed by atoms with E-state index in [1.165, 1.54) is 16.7 Å². The first-order valence-corrected chi connectivity index (χ1v) is 8.09. The largest absolute Gasteiger partial charge is 0.309 e. The first kappa shape index (κ1) is 14.8. The molecule has 2 atom stereocenters. The molecule has 1 heterocycles. The van der Waals surface area contributed by atoms with Crippen molar-refractivity contribution in [3.63, 3.8) is 0 Å². The highest BCUT2D eigenvalue weighted by Gasteiger charge is 2.33. The summed E-state index contributed by atoms with van der Waals surface area (Å²) in [5.41, 5.74) is 4.96. The average Bonchev–Trinajstić information content (AvgIpc) is 2.54. The Morgan fingerprint density at radius 1 is 1.18 bits per heavy atom. The predicted octanol–water partition coefficient (Wildman–Crippen LogP) is 4.66. The zero-order chi connectivity index (χ0) is 15.7. The molecular weight excluding hydrogens is 270 g/mol. The Labute approximate surface area is 132 Å². The van der Waals surface area contributed by atoms with Crippen molar-refractivity contribution in [2.24, 2.45) is 0 Å². The van der Waals surface area contributed by atoms with Crippen molar-refractivity contribution in [2.75, 3.05) is 4.90 Å². The van der Waals surface area contributed by atoms with E-state index in [0.717, 1.165) is 12.1 Å². The van der Waals surface area contributed by atoms with E-state index in [2.05, 4.69) is 62.4 Å². The topological polar surface area (TPSA) is 20.3 Å². The van der Waals surface area contributed by atoms with Crippen LogP contribution in [0, 0.1) is 6.92 Å². The minimum Gasteiger partial charge on any atom is -0.309 e. The van der Waals surface area contributed by atoms with Gasteiger partial charge in [-0.15, -0.1) is 0 Å². The summed E-state index contributed by atoms with van der Waals surface area (Å²) < 4.78 is 0. The van der Waals surface area contributed by atoms with Crippen molar-refractivity contribution in [1.82, 2.24) is 0 Å². The van der Waals surface area contributed by atoms with Gasteiger partial charge in [0.25, 0.3) is 0 Å². The Bertz CT molecular complexity index is 677. The van der Waals surface area contributed by atoms with Gasteiger partial charge in [-0.25, -0.2) is 0 Å². The Hall–Kier alpha value is -2.09. The van der Waals surface area contributed by atoms with E-state index in [1.54, 1.807) is 0 Å². The molecule has 1 amide bonds. The molecule has 0 aromatic heterocycles. The fourth-order valence-electron chi connectivity index (χ4n) is 3.53. The molecule has 22 heavy (non-hydrogen) atoms. The van der Waals surface area contributed by atoms with Gasteiger partial charge in [-0.2, -0.15) is 0 Å². The van der Waals surface area contributed by atoms with Crippen molar-refractivity contribution in [1.29, 1.82) is 0 Å². The fraction of sp³-hybridized carbons (Fsp3) is 0.350. The highest BCUT2D eigenvalue weighted by molar-refractivity contribution is 5.95. The number of rotatable bonds is 2. The van der Waals surface area contributed by atoms with E-state index >= 15 is 0 Å². The van der Waals surface area contributed by atoms with Crippen LogP contribution in [0.25, 0.3) is 0 Å². The van der Waals surface area contributed by atoms with Crippen LogP contribution in [0.3, 0.4) is 0 Å². The maximum absolute atomic E-state index is 12.4. The quantitative estimate of drug-likeness (QED) is 0.788. The molecule has 2 nitrogen and oxygen atoms in total. The highest BCUT2D eigenvalue weighted by Crippen LogP contribution is 2.42. The molecule has 0 unspecified atom stereocenters. The van der Waals surface area contributed by atoms with Gasteiger partial charge in [-0.3, -0.25) is 4.79 Å². The van der Waals surface area contributed by atoms with Gasteiger partial charge in [0.05, 0.1) is 0 Å². The summed E-state index contributed by atoms with van der Waals surface area (Å²) in [6.45, 7) is 6.21. The minimum absolute atomic E-state index is 0.212. The number of fused-ring (bicyclic) bond motifs is 1. The van der Waals surface area contributed by atoms with Crippen molar-refractivity contribution in [3.05, 3.63) is 65.2 Å². The summed E-state index contributed by atoms with van der Waals surface area (Å²) in [7, 11) is 0. The maximum atomic E-state index is 12.4. The lowest BCUT2D eigenvalue weighted by molar-refractivity contribution is -0.118. The van der Waals surface area contributed by atoms with E-state index < -0.39 is 0 Å². The van der Waals surface area contributed by atoms with E-state index in [-0.39, 0.29) is 11.9 Å². The van der Waals surface area contributed by atoms with Crippen molar-refractivity contribution in [2.45, 2.75) is 45.6 Å². The van der Waals surface area contributed by atoms with Crippen LogP contribution in [0.5, 0.6) is 0 Å². The molecule has 0 spiro atoms. The van der Waals surface area contributed by atoms with E-state index in [9.17, 15) is 4.79 Å². The number of nitrogens with zero attached hydrogens (tertiary/aromatic N) is 1. The zero-order valence-corrected chi connectivity index (χ0v) is 13.5. The molecular formula is C20H23NO. The van der Waals surface area contributed by atoms with Crippen LogP contribution in [0.4, 0.5) is 5.69 Å². The first-order valence-electron chi connectivity index (χ1n) is 8.09. The summed E-state index contributed by atoms with van der Waals surface area (Å²) in [6, 6.07) is 17.3. The lowest BCUT2D eigenvalue weighted by Gasteiger charge is -2.40. The molecule has 0 N–H and O–H groups in total. The van der Waals surface area contributed by atoms with E-state index in [1.807, 2.05) is 11.8 Å². The van der Waals surface area contributed by atoms with Gasteiger partial charge in [-0.05, 0) is 37.5 Å². The summed E-state index contributed by atoms with van der Waals surface area (Å²) in [5.74, 6) is 0.580. The van der Waals surface area contributed by atoms with Gasteiger partial charge in [0.15, 0.2) is 0 Å². The van der Waals surface area contributed by atoms with Gasteiger partial charge in [0, 0.05) is 24.1 Å². The van der Waals surface area contributed by atoms with Crippen molar-refractivity contribution in [3.8, 4) is 0 Å². The van der Waals surface area contributed by atoms with Crippen molar-refractivity contribution < 1.29 is 4.79 Å². The van der Waals surface area contributed by atoms with E-state index in [0.29, 0.717) is 12.3 Å². The zero-order valence-electron chi connectivity index (χ0n) is 13.5. The highest BCUT2D eigenvalue weighted by atomic mass is 16.2. The summed E-state index contributed by atoms with van der Waals surface area (Å²) in [5, 5.41) is 0. The molecule has 0 fully saturated rings. The number of benzene rings is 2. The van der Waals surface area contributed by atoms with Crippen LogP contribution >= 0.6 is 0 Å². The number of anilines is 1. The third kappa shape index (κ3) is 2.54. The Balaban J connectivity index is 2.13. The molecule has 0 radical (unpaired) electrons. The predicted molar refractivity (Wildman–Crippen MR) is 91.3 cm³/mol. The average molecular weight is 293 g/mol. The molecule has 0 saturated heterocycles. The number of carbonyl (C=O) groups is 1. The van der Waals surface area contributed by atoms with Crippen LogP contribution in [0.2, 0.25) is 0 Å². The van der Waals surface area contributed by atoms with Gasteiger partial charge in [-0.1, -0.05) is 55.0 Å². The summed E-state index contributed by atoms with van der Waals surface area (Å²) in [6.07, 6.45) is 1.53. The second-order valence-corrected chi connectivity index (χ2v) is 6.23. The summed E-state index contributed by atoms with van der Waals surface area (Å²) >= 11 is 0. The van der Waals surface area contributed by atoms with Gasteiger partial charge in [0.1, 0.15) is 0 Å². The number of amides is 1. The molecule has 3 rings (SSSR count). The molecule has 114 valence electrons. The smallest absolute Gasteiger partial charge is 0.226 e. The van der Waals surface area contributed by atoms with Crippen LogP contribution in [-0.2, 0) is 4.79 Å². The van der Waals surface area contributed by atoms with Crippen molar-refractivity contribution >= 4 is 11.6 Å². The van der Waals surface area contributed by atoms with E-state index in [4.69, 9.17) is 0 Å². The van der Waals surface area contributed by atoms with Crippen LogP contribution in [0.1, 0.15) is 49.3 Å². The lowest BCUT2D eigenvalue weighted by atomic mass is 9.80. The molecule has 2 heteroatoms. The Morgan fingerprint density at radius 3 is 2.59 bits per heavy atom. The third-order valence-electron chi connectivity index (χ3n) is 4.61. The fourth-order valence-corrected chi connectivity index (χ4v) is 3.53. The molecule has 1 aliphatic rings. The number of aryl methyl sites for hydroxylation is 1. The number of hydrogen-bond acceptors (Lipinski definition) is 1. The molecule has 0 aliphatic carbocycles. The second-order valence-electron chi connectivity index (χ2n) is 6.23. The molecule has 2 aromatic carbocycles. The Morgan fingerprint density at radius 2 is 1.91 bits per heavy atom. The third-order valence-corrected chi connectivity index (χ3v) is 4.61. The van der Waals surface area contributed by atoms with Crippen LogP contribution < -0.4 is 4.90 Å². The van der Waals surface area contributed by atoms with Gasteiger partial charge >= 0.3 is 0 Å². The second kappa shape index (κ2) is 5.96. The molecule has 0 saturated carbocycles. The molecule has 1 aliphatic heterocycles. The number of hydrogen-bond donors (Lipinski definition) is 0. The maximum Gasteiger partial charge on any atom is 0.226 e. The Kier molecular flexibility index (Phi) is 4.02. The molecule has 0 bridgehead atoms. The molecule has 2 aromatic rings. The SMILES string of the molecule is CCC(=O)N1c2ccc(C)cc2[C@@H](c2ccccc2)C[C@H]1C. The lowest BCUT2D eigenvalue weighted by Crippen LogP contribution is -2.43. The minimum atomic E-state index is 0.212. The first-order chi connectivity index (χ1) is 10.6. The summed E-state index contributed by atoms with van der Waals surface area (Å²) in [4.78, 5) is 14.4. The van der Waals surface area contributed by atoms with Crippen LogP contribution in [0.15, 0.2) is 48.5 Å². The normalized spacial score (nSPS) is 20.6. The van der Waals surface area contributed by atoms with Gasteiger partial charge in [0.2, 0.25) is 5.91 Å².